The molecule has 1 atom stereocenters. The first-order valence-electron chi connectivity index (χ1n) is 8.47. The predicted octanol–water partition coefficient (Wildman–Crippen LogP) is 2.33. The van der Waals surface area contributed by atoms with E-state index in [0.717, 1.165) is 17.5 Å². The molecule has 1 aliphatic rings. The largest absolute Gasteiger partial charge is 0.573 e. The summed E-state index contributed by atoms with van der Waals surface area (Å²) in [5.74, 6) is 0.248. The fourth-order valence-electron chi connectivity index (χ4n) is 2.91. The van der Waals surface area contributed by atoms with Gasteiger partial charge in [-0.2, -0.15) is 4.31 Å². The molecule has 0 bridgehead atoms. The van der Waals surface area contributed by atoms with Gasteiger partial charge in [-0.1, -0.05) is 18.6 Å². The molecule has 2 rings (SSSR count). The highest BCUT2D eigenvalue weighted by atomic mass is 32.2. The highest BCUT2D eigenvalue weighted by Crippen LogP contribution is 2.27. The third-order valence-electron chi connectivity index (χ3n) is 4.24. The fraction of sp³-hybridized carbons (Fsp3) is 0.444. The summed E-state index contributed by atoms with van der Waals surface area (Å²) in [6.07, 6.45) is 0.162. The van der Waals surface area contributed by atoms with Crippen LogP contribution in [0.4, 0.5) is 17.6 Å². The normalized spacial score (nSPS) is 18.9. The van der Waals surface area contributed by atoms with Gasteiger partial charge in [-0.05, 0) is 17.7 Å². The van der Waals surface area contributed by atoms with Gasteiger partial charge in [0.2, 0.25) is 10.0 Å². The summed E-state index contributed by atoms with van der Waals surface area (Å²) in [5, 5.41) is 0.858. The van der Waals surface area contributed by atoms with Crippen LogP contribution in [0.1, 0.15) is 5.56 Å². The van der Waals surface area contributed by atoms with Gasteiger partial charge in [0.15, 0.2) is 11.6 Å². The second-order valence-electron chi connectivity index (χ2n) is 6.23. The van der Waals surface area contributed by atoms with Crippen molar-refractivity contribution in [1.29, 1.82) is 0 Å². The van der Waals surface area contributed by atoms with Gasteiger partial charge in [-0.3, -0.25) is 4.90 Å². The maximum Gasteiger partial charge on any atom is 0.573 e. The highest BCUT2D eigenvalue weighted by molar-refractivity contribution is 7.92. The molecule has 0 saturated carbocycles. The van der Waals surface area contributed by atoms with Crippen molar-refractivity contribution in [3.05, 3.63) is 41.6 Å². The minimum absolute atomic E-state index is 0.0383. The summed E-state index contributed by atoms with van der Waals surface area (Å²) in [4.78, 5) is 1.85. The highest BCUT2D eigenvalue weighted by Gasteiger charge is 2.34. The lowest BCUT2D eigenvalue weighted by atomic mass is 10.1. The van der Waals surface area contributed by atoms with Crippen LogP contribution in [0.3, 0.4) is 0 Å². The first-order valence-corrected chi connectivity index (χ1v) is 9.98. The average molecular weight is 436 g/mol. The summed E-state index contributed by atoms with van der Waals surface area (Å²) in [7, 11) is -3.62. The Hall–Kier alpha value is -2.13. The van der Waals surface area contributed by atoms with Crippen molar-refractivity contribution < 1.29 is 35.5 Å². The van der Waals surface area contributed by atoms with E-state index in [-0.39, 0.29) is 38.9 Å². The quantitative estimate of drug-likeness (QED) is 0.356. The van der Waals surface area contributed by atoms with Crippen LogP contribution in [0.2, 0.25) is 0 Å². The molecule has 1 aliphatic heterocycles. The third-order valence-corrected chi connectivity index (χ3v) is 5.71. The van der Waals surface area contributed by atoms with Gasteiger partial charge in [0.05, 0.1) is 6.61 Å². The number of piperazine rings is 1. The third kappa shape index (κ3) is 6.71. The zero-order chi connectivity index (χ0) is 21.7. The van der Waals surface area contributed by atoms with Gasteiger partial charge in [-0.15, -0.1) is 19.6 Å². The van der Waals surface area contributed by atoms with Crippen molar-refractivity contribution in [3.8, 4) is 18.1 Å². The number of alkyl halides is 3. The second-order valence-corrected chi connectivity index (χ2v) is 8.11. The Bertz CT molecular complexity index is 868. The van der Waals surface area contributed by atoms with Gasteiger partial charge in [0.25, 0.3) is 0 Å². The Morgan fingerprint density at radius 2 is 2.07 bits per heavy atom. The number of rotatable bonds is 8. The number of hydrogen-bond donors (Lipinski definition) is 0. The van der Waals surface area contributed by atoms with E-state index in [1.807, 2.05) is 4.90 Å². The van der Waals surface area contributed by atoms with Crippen molar-refractivity contribution in [2.75, 3.05) is 32.8 Å². The standard InChI is InChI=1S/C18H20F4N2O4S/c1-3-9-27-13-15-12-24(29(25,26)4-2)8-7-23(15)11-14-5-6-17(16(19)10-14)28-18(20,21)22/h1,4-6,10,15H,2,7-9,11-13H2/t15-/m1/s1. The maximum absolute atomic E-state index is 14.0. The molecule has 1 fully saturated rings. The zero-order valence-electron chi connectivity index (χ0n) is 15.4. The Kier molecular flexibility index (Phi) is 7.65. The van der Waals surface area contributed by atoms with E-state index in [9.17, 15) is 26.0 Å². The van der Waals surface area contributed by atoms with Crippen LogP contribution in [0, 0.1) is 18.2 Å². The lowest BCUT2D eigenvalue weighted by Gasteiger charge is -2.40. The molecule has 0 radical (unpaired) electrons. The molecule has 0 aliphatic carbocycles. The molecule has 0 amide bonds. The second kappa shape index (κ2) is 9.58. The molecule has 6 nitrogen and oxygen atoms in total. The van der Waals surface area contributed by atoms with E-state index < -0.39 is 28.0 Å². The molecule has 1 aromatic carbocycles. The molecular weight excluding hydrogens is 416 g/mol. The van der Waals surface area contributed by atoms with Crippen molar-refractivity contribution >= 4 is 10.0 Å². The minimum atomic E-state index is -4.99. The summed E-state index contributed by atoms with van der Waals surface area (Å²) >= 11 is 0. The van der Waals surface area contributed by atoms with E-state index in [4.69, 9.17) is 11.2 Å². The van der Waals surface area contributed by atoms with Crippen molar-refractivity contribution in [2.45, 2.75) is 18.9 Å². The Morgan fingerprint density at radius 3 is 2.66 bits per heavy atom. The van der Waals surface area contributed by atoms with Crippen LogP contribution in [-0.4, -0.2) is 62.9 Å². The molecule has 0 spiro atoms. The lowest BCUT2D eigenvalue weighted by molar-refractivity contribution is -0.275. The molecule has 0 aromatic heterocycles. The Labute approximate surface area is 166 Å². The molecule has 0 N–H and O–H groups in total. The average Bonchev–Trinajstić information content (AvgIpc) is 2.64. The number of terminal acetylenes is 1. The topological polar surface area (TPSA) is 59.1 Å². The van der Waals surface area contributed by atoms with Crippen LogP contribution in [0.15, 0.2) is 30.2 Å². The van der Waals surface area contributed by atoms with Crippen molar-refractivity contribution in [3.63, 3.8) is 0 Å². The molecule has 1 saturated heterocycles. The summed E-state index contributed by atoms with van der Waals surface area (Å²) < 4.78 is 85.1. The molecule has 0 unspecified atom stereocenters. The van der Waals surface area contributed by atoms with Gasteiger partial charge in [0.1, 0.15) is 6.61 Å². The molecular formula is C18H20F4N2O4S. The molecule has 29 heavy (non-hydrogen) atoms. The Morgan fingerprint density at radius 1 is 1.34 bits per heavy atom. The van der Waals surface area contributed by atoms with Crippen LogP contribution in [0.25, 0.3) is 0 Å². The fourth-order valence-corrected chi connectivity index (χ4v) is 3.83. The smallest absolute Gasteiger partial charge is 0.403 e. The number of nitrogens with zero attached hydrogens (tertiary/aromatic N) is 2. The zero-order valence-corrected chi connectivity index (χ0v) is 16.2. The number of ether oxygens (including phenoxy) is 2. The van der Waals surface area contributed by atoms with Crippen LogP contribution in [0.5, 0.6) is 5.75 Å². The Balaban J connectivity index is 2.13. The maximum atomic E-state index is 14.0. The monoisotopic (exact) mass is 436 g/mol. The van der Waals surface area contributed by atoms with Crippen molar-refractivity contribution in [1.82, 2.24) is 9.21 Å². The number of hydrogen-bond acceptors (Lipinski definition) is 5. The van der Waals surface area contributed by atoms with Gasteiger partial charge < -0.3 is 9.47 Å². The van der Waals surface area contributed by atoms with Crippen LogP contribution >= 0.6 is 0 Å². The van der Waals surface area contributed by atoms with Crippen LogP contribution in [-0.2, 0) is 21.3 Å². The van der Waals surface area contributed by atoms with E-state index >= 15 is 0 Å². The first-order chi connectivity index (χ1) is 13.6. The molecule has 160 valence electrons. The van der Waals surface area contributed by atoms with E-state index in [1.54, 1.807) is 0 Å². The summed E-state index contributed by atoms with van der Waals surface area (Å²) in [6, 6.07) is 2.78. The predicted molar refractivity (Wildman–Crippen MR) is 97.6 cm³/mol. The summed E-state index contributed by atoms with van der Waals surface area (Å²) in [5.41, 5.74) is 0.402. The van der Waals surface area contributed by atoms with Gasteiger partial charge in [-0.25, -0.2) is 12.8 Å². The first kappa shape index (κ1) is 23.2. The molecule has 11 heteroatoms. The number of halogens is 4. The van der Waals surface area contributed by atoms with Gasteiger partial charge in [0, 0.05) is 37.6 Å². The van der Waals surface area contributed by atoms with E-state index in [1.165, 1.54) is 10.4 Å². The summed E-state index contributed by atoms with van der Waals surface area (Å²) in [6.45, 7) is 4.24. The molecule has 1 aromatic rings. The minimum Gasteiger partial charge on any atom is -0.403 e. The van der Waals surface area contributed by atoms with Crippen molar-refractivity contribution in [2.24, 2.45) is 0 Å². The number of benzene rings is 1. The van der Waals surface area contributed by atoms with Gasteiger partial charge >= 0.3 is 6.36 Å². The SMILES string of the molecule is C#CCOC[C@H]1CN(S(=O)(=O)C=C)CCN1Cc1ccc(OC(F)(F)F)c(F)c1. The van der Waals surface area contributed by atoms with Crippen LogP contribution < -0.4 is 4.74 Å². The van der Waals surface area contributed by atoms with E-state index in [2.05, 4.69) is 17.2 Å². The molecule has 1 heterocycles. The lowest BCUT2D eigenvalue weighted by Crippen LogP contribution is -2.55. The number of sulfonamides is 1. The van der Waals surface area contributed by atoms with E-state index in [0.29, 0.717) is 12.1 Å².